The zero-order valence-corrected chi connectivity index (χ0v) is 18.9. The summed E-state index contributed by atoms with van der Waals surface area (Å²) in [6, 6.07) is 6.34. The number of aromatic amines is 1. The van der Waals surface area contributed by atoms with Gasteiger partial charge >= 0.3 is 0 Å². The molecule has 7 heteroatoms. The van der Waals surface area contributed by atoms with Crippen LogP contribution in [-0.2, 0) is 0 Å². The number of hydrogen-bond acceptors (Lipinski definition) is 5. The molecule has 0 bridgehead atoms. The van der Waals surface area contributed by atoms with Crippen LogP contribution in [0.3, 0.4) is 0 Å². The number of anilines is 1. The second kappa shape index (κ2) is 8.20. The summed E-state index contributed by atoms with van der Waals surface area (Å²) in [7, 11) is 0. The topological polar surface area (TPSA) is 99.9 Å². The number of para-hydroxylation sites is 1. The molecule has 1 saturated carbocycles. The molecule has 1 aliphatic carbocycles. The van der Waals surface area contributed by atoms with Crippen molar-refractivity contribution in [3.8, 4) is 11.4 Å². The molecule has 4 N–H and O–H groups in total. The summed E-state index contributed by atoms with van der Waals surface area (Å²) in [5.74, 6) is 0.675. The first kappa shape index (κ1) is 20.9. The minimum atomic E-state index is -0.290. The minimum absolute atomic E-state index is 0.0563. The van der Waals surface area contributed by atoms with Gasteiger partial charge in [-0.1, -0.05) is 31.4 Å². The fourth-order valence-corrected chi connectivity index (χ4v) is 5.12. The predicted octanol–water partition coefficient (Wildman–Crippen LogP) is 3.92. The van der Waals surface area contributed by atoms with Gasteiger partial charge in [0.05, 0.1) is 27.8 Å². The fourth-order valence-electron chi connectivity index (χ4n) is 5.12. The van der Waals surface area contributed by atoms with Crippen LogP contribution in [0.2, 0.25) is 0 Å². The number of pyridine rings is 1. The van der Waals surface area contributed by atoms with Gasteiger partial charge < -0.3 is 20.9 Å². The third-order valence-corrected chi connectivity index (χ3v) is 6.89. The predicted molar refractivity (Wildman–Crippen MR) is 128 cm³/mol. The molecule has 7 nitrogen and oxygen atoms in total. The van der Waals surface area contributed by atoms with Gasteiger partial charge in [0.25, 0.3) is 5.91 Å². The number of H-pyrrole nitrogens is 1. The van der Waals surface area contributed by atoms with Crippen molar-refractivity contribution in [2.24, 2.45) is 5.73 Å². The van der Waals surface area contributed by atoms with Crippen molar-refractivity contribution in [2.45, 2.75) is 64.0 Å². The van der Waals surface area contributed by atoms with Gasteiger partial charge in [0, 0.05) is 37.1 Å². The third-order valence-electron chi connectivity index (χ3n) is 6.89. The van der Waals surface area contributed by atoms with Crippen LogP contribution in [0.1, 0.15) is 61.4 Å². The quantitative estimate of drug-likeness (QED) is 0.580. The molecule has 3 heterocycles. The molecule has 1 amide bonds. The monoisotopic (exact) mass is 432 g/mol. The van der Waals surface area contributed by atoms with Crippen molar-refractivity contribution in [1.29, 1.82) is 0 Å². The highest BCUT2D eigenvalue weighted by molar-refractivity contribution is 6.03. The van der Waals surface area contributed by atoms with Gasteiger partial charge in [-0.3, -0.25) is 9.78 Å². The van der Waals surface area contributed by atoms with Crippen molar-refractivity contribution in [1.82, 2.24) is 20.3 Å². The lowest BCUT2D eigenvalue weighted by Crippen LogP contribution is -2.40. The summed E-state index contributed by atoms with van der Waals surface area (Å²) in [5.41, 5.74) is 11.5. The number of rotatable bonds is 4. The summed E-state index contributed by atoms with van der Waals surface area (Å²) < 4.78 is 0. The number of amides is 1. The molecule has 2 aromatic heterocycles. The van der Waals surface area contributed by atoms with Crippen molar-refractivity contribution in [3.63, 3.8) is 0 Å². The summed E-state index contributed by atoms with van der Waals surface area (Å²) in [5, 5.41) is 3.27. The van der Waals surface area contributed by atoms with Gasteiger partial charge in [-0.25, -0.2) is 4.98 Å². The van der Waals surface area contributed by atoms with Crippen LogP contribution in [0.15, 0.2) is 30.6 Å². The van der Waals surface area contributed by atoms with Crippen LogP contribution in [0.4, 0.5) is 5.69 Å². The number of fused-ring (bicyclic) bond motifs is 1. The SMILES string of the molecule is Cc1cccc2[nH]c(-c3cncc(C(=O)NC4CCCCC4)c3N3CC[C@](C)(N)C3)nc12. The van der Waals surface area contributed by atoms with Gasteiger partial charge in [0.2, 0.25) is 0 Å². The van der Waals surface area contributed by atoms with Gasteiger partial charge in [-0.2, -0.15) is 0 Å². The van der Waals surface area contributed by atoms with Crippen molar-refractivity contribution in [2.75, 3.05) is 18.0 Å². The molecule has 3 aromatic rings. The number of aromatic nitrogens is 3. The maximum atomic E-state index is 13.4. The van der Waals surface area contributed by atoms with Crippen molar-refractivity contribution < 1.29 is 4.79 Å². The third kappa shape index (κ3) is 3.97. The molecule has 168 valence electrons. The van der Waals surface area contributed by atoms with Crippen molar-refractivity contribution >= 4 is 22.6 Å². The maximum absolute atomic E-state index is 13.4. The van der Waals surface area contributed by atoms with E-state index in [2.05, 4.69) is 40.1 Å². The maximum Gasteiger partial charge on any atom is 0.255 e. The molecule has 1 aromatic carbocycles. The molecule has 5 rings (SSSR count). The number of aryl methyl sites for hydroxylation is 1. The van der Waals surface area contributed by atoms with Crippen LogP contribution in [-0.4, -0.2) is 45.5 Å². The largest absolute Gasteiger partial charge is 0.368 e. The van der Waals surface area contributed by atoms with Gasteiger partial charge in [0.1, 0.15) is 5.82 Å². The van der Waals surface area contributed by atoms with Crippen LogP contribution >= 0.6 is 0 Å². The highest BCUT2D eigenvalue weighted by Crippen LogP contribution is 2.37. The van der Waals surface area contributed by atoms with E-state index in [9.17, 15) is 4.79 Å². The fraction of sp³-hybridized carbons (Fsp3) is 0.480. The number of carbonyl (C=O) groups is 1. The number of nitrogens with one attached hydrogen (secondary N) is 2. The average Bonchev–Trinajstić information content (AvgIpc) is 3.38. The second-order valence-corrected chi connectivity index (χ2v) is 9.77. The molecule has 1 saturated heterocycles. The van der Waals surface area contributed by atoms with E-state index < -0.39 is 0 Å². The Morgan fingerprint density at radius 3 is 2.78 bits per heavy atom. The average molecular weight is 433 g/mol. The molecule has 32 heavy (non-hydrogen) atoms. The molecular formula is C25H32N6O. The molecule has 0 spiro atoms. The lowest BCUT2D eigenvalue weighted by atomic mass is 9.95. The molecule has 0 radical (unpaired) electrons. The summed E-state index contributed by atoms with van der Waals surface area (Å²) in [4.78, 5) is 28.4. The van der Waals surface area contributed by atoms with Gasteiger partial charge in [0.15, 0.2) is 0 Å². The van der Waals surface area contributed by atoms with E-state index in [0.29, 0.717) is 12.1 Å². The Labute approximate surface area is 188 Å². The zero-order valence-electron chi connectivity index (χ0n) is 18.9. The number of hydrogen-bond donors (Lipinski definition) is 3. The standard InChI is InChI=1S/C25H32N6O/c1-16-7-6-10-20-21(16)30-23(29-20)18-13-27-14-19(22(18)31-12-11-25(2,26)15-31)24(32)28-17-8-4-3-5-9-17/h6-7,10,13-14,17H,3-5,8-9,11-12,15,26H2,1-2H3,(H,28,32)(H,29,30)/t25-/m0/s1. The van der Waals surface area contributed by atoms with E-state index in [4.69, 9.17) is 10.7 Å². The lowest BCUT2D eigenvalue weighted by molar-refractivity contribution is 0.0928. The number of benzene rings is 1. The highest BCUT2D eigenvalue weighted by atomic mass is 16.1. The Balaban J connectivity index is 1.59. The van der Waals surface area contributed by atoms with Gasteiger partial charge in [-0.05, 0) is 44.7 Å². The van der Waals surface area contributed by atoms with Crippen molar-refractivity contribution in [3.05, 3.63) is 41.7 Å². The molecular weight excluding hydrogens is 400 g/mol. The van der Waals surface area contributed by atoms with E-state index in [0.717, 1.165) is 59.5 Å². The van der Waals surface area contributed by atoms with E-state index >= 15 is 0 Å². The van der Waals surface area contributed by atoms with Crippen LogP contribution in [0.5, 0.6) is 0 Å². The van der Waals surface area contributed by atoms with E-state index in [1.54, 1.807) is 6.20 Å². The first-order chi connectivity index (χ1) is 15.4. The molecule has 2 fully saturated rings. The van der Waals surface area contributed by atoms with E-state index in [1.807, 2.05) is 18.3 Å². The molecule has 0 unspecified atom stereocenters. The summed E-state index contributed by atoms with van der Waals surface area (Å²) in [6.45, 7) is 5.61. The van der Waals surface area contributed by atoms with E-state index in [-0.39, 0.29) is 17.5 Å². The van der Waals surface area contributed by atoms with Crippen LogP contribution in [0.25, 0.3) is 22.4 Å². The number of carbonyl (C=O) groups excluding carboxylic acids is 1. The summed E-state index contributed by atoms with van der Waals surface area (Å²) >= 11 is 0. The zero-order chi connectivity index (χ0) is 22.3. The molecule has 1 atom stereocenters. The van der Waals surface area contributed by atoms with Crippen LogP contribution in [0, 0.1) is 6.92 Å². The second-order valence-electron chi connectivity index (χ2n) is 9.77. The molecule has 1 aliphatic heterocycles. The van der Waals surface area contributed by atoms with Crippen LogP contribution < -0.4 is 16.0 Å². The lowest BCUT2D eigenvalue weighted by Gasteiger charge is -2.27. The number of nitrogens with zero attached hydrogens (tertiary/aromatic N) is 3. The first-order valence-corrected chi connectivity index (χ1v) is 11.7. The Morgan fingerprint density at radius 1 is 1.25 bits per heavy atom. The number of imidazole rings is 1. The Bertz CT molecular complexity index is 1140. The molecule has 2 aliphatic rings. The number of nitrogens with two attached hydrogens (primary N) is 1. The van der Waals surface area contributed by atoms with Gasteiger partial charge in [-0.15, -0.1) is 0 Å². The minimum Gasteiger partial charge on any atom is -0.368 e. The Hall–Kier alpha value is -2.93. The normalized spacial score (nSPS) is 21.9. The highest BCUT2D eigenvalue weighted by Gasteiger charge is 2.34. The smallest absolute Gasteiger partial charge is 0.255 e. The Morgan fingerprint density at radius 2 is 2.06 bits per heavy atom. The van der Waals surface area contributed by atoms with E-state index in [1.165, 1.54) is 19.3 Å². The Kier molecular flexibility index (Phi) is 5.37. The first-order valence-electron chi connectivity index (χ1n) is 11.7. The summed E-state index contributed by atoms with van der Waals surface area (Å²) in [6.07, 6.45) is 10.1.